The van der Waals surface area contributed by atoms with Crippen LogP contribution in [0, 0.1) is 11.6 Å². The van der Waals surface area contributed by atoms with Crippen molar-refractivity contribution >= 4 is 6.03 Å². The third-order valence-corrected chi connectivity index (χ3v) is 3.95. The smallest absolute Gasteiger partial charge is 0.334 e. The normalized spacial score (nSPS) is 11.3. The van der Waals surface area contributed by atoms with Crippen molar-refractivity contribution in [2.45, 2.75) is 19.3 Å². The average Bonchev–Trinajstić information content (AvgIpc) is 3.13. The summed E-state index contributed by atoms with van der Waals surface area (Å²) < 4.78 is 66.0. The topological polar surface area (TPSA) is 59.0 Å². The van der Waals surface area contributed by atoms with Crippen molar-refractivity contribution in [3.05, 3.63) is 83.2 Å². The number of carbonyl (C=O) groups is 1. The molecule has 2 aromatic carbocycles. The summed E-state index contributed by atoms with van der Waals surface area (Å²) in [6.45, 7) is -0.0347. The highest BCUT2D eigenvalue weighted by Gasteiger charge is 2.30. The Hall–Kier alpha value is -3.43. The molecule has 1 heterocycles. The Morgan fingerprint density at radius 3 is 2.41 bits per heavy atom. The van der Waals surface area contributed by atoms with Crippen molar-refractivity contribution in [2.75, 3.05) is 0 Å². The molecule has 0 saturated heterocycles. The molecule has 29 heavy (non-hydrogen) atoms. The van der Waals surface area contributed by atoms with Gasteiger partial charge in [-0.2, -0.15) is 18.3 Å². The molecule has 152 valence electrons. The predicted molar refractivity (Wildman–Crippen MR) is 94.0 cm³/mol. The van der Waals surface area contributed by atoms with Gasteiger partial charge in [0.25, 0.3) is 0 Å². The lowest BCUT2D eigenvalue weighted by Crippen LogP contribution is -2.34. The van der Waals surface area contributed by atoms with Gasteiger partial charge in [0.1, 0.15) is 11.5 Å². The highest BCUT2D eigenvalue weighted by atomic mass is 19.4. The zero-order valence-corrected chi connectivity index (χ0v) is 14.8. The van der Waals surface area contributed by atoms with E-state index >= 15 is 0 Å². The number of alkyl halides is 3. The Morgan fingerprint density at radius 2 is 1.72 bits per heavy atom. The quantitative estimate of drug-likeness (QED) is 0.621. The van der Waals surface area contributed by atoms with Gasteiger partial charge in [0.15, 0.2) is 5.82 Å². The van der Waals surface area contributed by atoms with Crippen LogP contribution in [0.4, 0.5) is 26.7 Å². The van der Waals surface area contributed by atoms with Crippen LogP contribution in [0.1, 0.15) is 16.7 Å². The second kappa shape index (κ2) is 8.29. The molecule has 0 saturated carbocycles. The molecule has 0 radical (unpaired) electrons. The molecule has 0 aliphatic heterocycles. The molecule has 3 rings (SSSR count). The van der Waals surface area contributed by atoms with Crippen molar-refractivity contribution < 1.29 is 26.7 Å². The number of benzene rings is 2. The SMILES string of the molecule is O=C(NCc1cccc(C(F)(F)F)c1)NCc1cnn(-c2ccc(F)cc2F)c1. The third-order valence-electron chi connectivity index (χ3n) is 3.95. The van der Waals surface area contributed by atoms with E-state index in [0.29, 0.717) is 11.1 Å². The number of rotatable bonds is 5. The molecule has 2 N–H and O–H groups in total. The summed E-state index contributed by atoms with van der Waals surface area (Å²) in [5.41, 5.74) is 0.0989. The first-order valence-corrected chi connectivity index (χ1v) is 8.39. The average molecular weight is 410 g/mol. The molecule has 2 amide bonds. The zero-order valence-electron chi connectivity index (χ0n) is 14.8. The first kappa shape index (κ1) is 20.3. The summed E-state index contributed by atoms with van der Waals surface area (Å²) in [6, 6.07) is 7.11. The lowest BCUT2D eigenvalue weighted by atomic mass is 10.1. The molecule has 0 bridgehead atoms. The van der Waals surface area contributed by atoms with Crippen LogP contribution in [0.3, 0.4) is 0 Å². The molecule has 0 aliphatic rings. The monoisotopic (exact) mass is 410 g/mol. The highest BCUT2D eigenvalue weighted by Crippen LogP contribution is 2.29. The number of urea groups is 1. The van der Waals surface area contributed by atoms with E-state index in [0.717, 1.165) is 24.3 Å². The first-order valence-electron chi connectivity index (χ1n) is 8.39. The van der Waals surface area contributed by atoms with Crippen LogP contribution in [-0.4, -0.2) is 15.8 Å². The standard InChI is InChI=1S/C19H15F5N4O/c20-15-4-5-17(16(21)7-15)28-11-13(10-27-28)9-26-18(29)25-8-12-2-1-3-14(6-12)19(22,23)24/h1-7,10-11H,8-9H2,(H2,25,26,29). The Morgan fingerprint density at radius 1 is 1.00 bits per heavy atom. The fraction of sp³-hybridized carbons (Fsp3) is 0.158. The van der Waals surface area contributed by atoms with Gasteiger partial charge in [0, 0.05) is 30.9 Å². The Kier molecular flexibility index (Phi) is 5.81. The summed E-state index contributed by atoms with van der Waals surface area (Å²) in [6.07, 6.45) is -1.60. The van der Waals surface area contributed by atoms with E-state index in [1.165, 1.54) is 35.3 Å². The number of nitrogens with one attached hydrogen (secondary N) is 2. The van der Waals surface area contributed by atoms with Crippen LogP contribution in [0.2, 0.25) is 0 Å². The zero-order chi connectivity index (χ0) is 21.0. The van der Waals surface area contributed by atoms with Crippen molar-refractivity contribution in [1.82, 2.24) is 20.4 Å². The van der Waals surface area contributed by atoms with Crippen molar-refractivity contribution in [3.63, 3.8) is 0 Å². The van der Waals surface area contributed by atoms with Gasteiger partial charge in [-0.05, 0) is 29.8 Å². The maximum Gasteiger partial charge on any atom is 0.416 e. The molecule has 0 fully saturated rings. The van der Waals surface area contributed by atoms with E-state index in [1.807, 2.05) is 0 Å². The fourth-order valence-electron chi connectivity index (χ4n) is 2.53. The van der Waals surface area contributed by atoms with Crippen LogP contribution in [-0.2, 0) is 19.3 Å². The molecule has 0 atom stereocenters. The summed E-state index contributed by atoms with van der Waals surface area (Å²) in [5.74, 6) is -1.50. The minimum absolute atomic E-state index is 0.0478. The van der Waals surface area contributed by atoms with Gasteiger partial charge < -0.3 is 10.6 Å². The number of halogens is 5. The lowest BCUT2D eigenvalue weighted by molar-refractivity contribution is -0.137. The van der Waals surface area contributed by atoms with Gasteiger partial charge in [-0.15, -0.1) is 0 Å². The largest absolute Gasteiger partial charge is 0.416 e. The first-order chi connectivity index (χ1) is 13.7. The molecule has 0 aliphatic carbocycles. The third kappa shape index (κ3) is 5.31. The van der Waals surface area contributed by atoms with Gasteiger partial charge in [0.05, 0.1) is 11.8 Å². The molecule has 5 nitrogen and oxygen atoms in total. The summed E-state index contributed by atoms with van der Waals surface area (Å²) in [5, 5.41) is 8.94. The lowest BCUT2D eigenvalue weighted by Gasteiger charge is -2.10. The van der Waals surface area contributed by atoms with E-state index in [-0.39, 0.29) is 18.8 Å². The van der Waals surface area contributed by atoms with Crippen LogP contribution in [0.15, 0.2) is 54.9 Å². The summed E-state index contributed by atoms with van der Waals surface area (Å²) >= 11 is 0. The van der Waals surface area contributed by atoms with E-state index < -0.39 is 29.4 Å². The van der Waals surface area contributed by atoms with Crippen LogP contribution < -0.4 is 10.6 Å². The van der Waals surface area contributed by atoms with Crippen molar-refractivity contribution in [2.24, 2.45) is 0 Å². The fourth-order valence-corrected chi connectivity index (χ4v) is 2.53. The van der Waals surface area contributed by atoms with Gasteiger partial charge in [0.2, 0.25) is 0 Å². The van der Waals surface area contributed by atoms with E-state index in [2.05, 4.69) is 15.7 Å². The summed E-state index contributed by atoms with van der Waals surface area (Å²) in [4.78, 5) is 11.9. The molecule has 1 aromatic heterocycles. The Balaban J connectivity index is 1.53. The van der Waals surface area contributed by atoms with Gasteiger partial charge in [-0.3, -0.25) is 0 Å². The van der Waals surface area contributed by atoms with Crippen LogP contribution in [0.5, 0.6) is 0 Å². The Labute approximate surface area is 162 Å². The number of hydrogen-bond acceptors (Lipinski definition) is 2. The van der Waals surface area contributed by atoms with Gasteiger partial charge >= 0.3 is 12.2 Å². The second-order valence-corrected chi connectivity index (χ2v) is 6.12. The van der Waals surface area contributed by atoms with Crippen molar-refractivity contribution in [3.8, 4) is 5.69 Å². The van der Waals surface area contributed by atoms with E-state index in [9.17, 15) is 26.7 Å². The van der Waals surface area contributed by atoms with Crippen molar-refractivity contribution in [1.29, 1.82) is 0 Å². The second-order valence-electron chi connectivity index (χ2n) is 6.12. The van der Waals surface area contributed by atoms with Crippen LogP contribution >= 0.6 is 0 Å². The predicted octanol–water partition coefficient (Wildman–Crippen LogP) is 4.17. The molecule has 0 unspecified atom stereocenters. The number of carbonyl (C=O) groups excluding carboxylic acids is 1. The minimum atomic E-state index is -4.46. The summed E-state index contributed by atoms with van der Waals surface area (Å²) in [7, 11) is 0. The highest BCUT2D eigenvalue weighted by molar-refractivity contribution is 5.73. The van der Waals surface area contributed by atoms with Crippen LogP contribution in [0.25, 0.3) is 5.69 Å². The number of hydrogen-bond donors (Lipinski definition) is 2. The minimum Gasteiger partial charge on any atom is -0.334 e. The van der Waals surface area contributed by atoms with Gasteiger partial charge in [-0.25, -0.2) is 18.3 Å². The van der Waals surface area contributed by atoms with E-state index in [4.69, 9.17) is 0 Å². The van der Waals surface area contributed by atoms with E-state index in [1.54, 1.807) is 0 Å². The number of nitrogens with zero attached hydrogens (tertiary/aromatic N) is 2. The van der Waals surface area contributed by atoms with Gasteiger partial charge in [-0.1, -0.05) is 12.1 Å². The Bertz CT molecular complexity index is 1020. The molecular formula is C19H15F5N4O. The molecule has 10 heteroatoms. The maximum atomic E-state index is 13.8. The maximum absolute atomic E-state index is 13.8. The number of aromatic nitrogens is 2. The molecular weight excluding hydrogens is 395 g/mol. The molecule has 3 aromatic rings. The molecule has 0 spiro atoms. The number of amides is 2.